The van der Waals surface area contributed by atoms with Crippen molar-refractivity contribution in [1.82, 2.24) is 14.6 Å². The van der Waals surface area contributed by atoms with Crippen molar-refractivity contribution in [2.45, 2.75) is 10.1 Å². The van der Waals surface area contributed by atoms with E-state index < -0.39 is 0 Å². The molecule has 6 heteroatoms. The second-order valence-electron chi connectivity index (χ2n) is 3.81. The molecule has 0 bridgehead atoms. The first kappa shape index (κ1) is 12.4. The van der Waals surface area contributed by atoms with E-state index in [4.69, 9.17) is 0 Å². The van der Waals surface area contributed by atoms with E-state index in [9.17, 15) is 4.79 Å². The van der Waals surface area contributed by atoms with Crippen molar-refractivity contribution in [3.05, 3.63) is 52.6 Å². The molecule has 0 atom stereocenters. The zero-order chi connectivity index (χ0) is 13.2. The first-order chi connectivity index (χ1) is 9.28. The van der Waals surface area contributed by atoms with E-state index in [0.29, 0.717) is 5.56 Å². The Morgan fingerprint density at radius 1 is 1.21 bits per heavy atom. The summed E-state index contributed by atoms with van der Waals surface area (Å²) in [6.07, 6.45) is 2.74. The molecule has 0 fully saturated rings. The highest BCUT2D eigenvalue weighted by Gasteiger charge is 2.10. The number of hydrogen-bond acceptors (Lipinski definition) is 4. The summed E-state index contributed by atoms with van der Waals surface area (Å²) >= 11 is 4.77. The van der Waals surface area contributed by atoms with Gasteiger partial charge in [-0.1, -0.05) is 22.0 Å². The highest BCUT2D eigenvalue weighted by atomic mass is 79.9. The lowest BCUT2D eigenvalue weighted by Gasteiger charge is -2.03. The Balaban J connectivity index is 2.03. The Morgan fingerprint density at radius 2 is 2.11 bits per heavy atom. The van der Waals surface area contributed by atoms with Gasteiger partial charge in [-0.05, 0) is 42.1 Å². The highest BCUT2D eigenvalue weighted by Crippen LogP contribution is 2.30. The minimum atomic E-state index is 0.632. The maximum atomic E-state index is 11.1. The molecule has 0 aliphatic heterocycles. The zero-order valence-electron chi connectivity index (χ0n) is 9.65. The van der Waals surface area contributed by atoms with Crippen LogP contribution in [0.2, 0.25) is 0 Å². The Hall–Kier alpha value is -1.66. The van der Waals surface area contributed by atoms with Crippen LogP contribution in [0, 0.1) is 0 Å². The molecule has 2 heterocycles. The number of aldehydes is 1. The zero-order valence-corrected chi connectivity index (χ0v) is 12.1. The minimum absolute atomic E-state index is 0.632. The Labute approximate surface area is 122 Å². The topological polar surface area (TPSA) is 47.3 Å². The lowest BCUT2D eigenvalue weighted by atomic mass is 10.2. The van der Waals surface area contributed by atoms with Crippen molar-refractivity contribution in [1.29, 1.82) is 0 Å². The molecule has 3 aromatic rings. The van der Waals surface area contributed by atoms with Crippen LogP contribution in [0.3, 0.4) is 0 Å². The van der Waals surface area contributed by atoms with Gasteiger partial charge in [-0.25, -0.2) is 0 Å². The lowest BCUT2D eigenvalue weighted by Crippen LogP contribution is -1.89. The quantitative estimate of drug-likeness (QED) is 0.688. The third-order valence-corrected chi connectivity index (χ3v) is 4.13. The summed E-state index contributed by atoms with van der Waals surface area (Å²) in [5.41, 5.74) is 1.42. The van der Waals surface area contributed by atoms with Crippen LogP contribution in [0.5, 0.6) is 0 Å². The van der Waals surface area contributed by atoms with Gasteiger partial charge in [0.05, 0.1) is 0 Å². The summed E-state index contributed by atoms with van der Waals surface area (Å²) in [4.78, 5) is 12.0. The molecule has 0 amide bonds. The molecule has 4 nitrogen and oxygen atoms in total. The van der Waals surface area contributed by atoms with Crippen LogP contribution in [-0.2, 0) is 0 Å². The average molecular weight is 334 g/mol. The smallest absolute Gasteiger partial charge is 0.200 e. The van der Waals surface area contributed by atoms with Gasteiger partial charge in [-0.2, -0.15) is 0 Å². The molecular weight excluding hydrogens is 326 g/mol. The van der Waals surface area contributed by atoms with Crippen LogP contribution < -0.4 is 0 Å². The Kier molecular flexibility index (Phi) is 3.35. The molecule has 1 aromatic carbocycles. The number of nitrogens with zero attached hydrogens (tertiary/aromatic N) is 3. The molecule has 0 radical (unpaired) electrons. The summed E-state index contributed by atoms with van der Waals surface area (Å²) in [5.74, 6) is 0. The number of fused-ring (bicyclic) bond motifs is 1. The van der Waals surface area contributed by atoms with Crippen LogP contribution in [0.4, 0.5) is 0 Å². The van der Waals surface area contributed by atoms with Gasteiger partial charge in [0.1, 0.15) is 0 Å². The number of halogens is 1. The number of pyridine rings is 1. The molecule has 0 spiro atoms. The molecule has 2 aromatic heterocycles. The fourth-order valence-corrected chi connectivity index (χ4v) is 2.96. The fourth-order valence-electron chi connectivity index (χ4n) is 1.69. The number of carbonyl (C=O) groups excluding carboxylic acids is 1. The van der Waals surface area contributed by atoms with E-state index in [1.54, 1.807) is 6.07 Å². The maximum Gasteiger partial charge on any atom is 0.200 e. The van der Waals surface area contributed by atoms with Crippen LogP contribution in [0.1, 0.15) is 10.4 Å². The van der Waals surface area contributed by atoms with Crippen molar-refractivity contribution in [2.24, 2.45) is 0 Å². The van der Waals surface area contributed by atoms with Crippen molar-refractivity contribution in [2.75, 3.05) is 0 Å². The fraction of sp³-hybridized carbons (Fsp3) is 0. The van der Waals surface area contributed by atoms with E-state index in [2.05, 4.69) is 26.1 Å². The second-order valence-corrected chi connectivity index (χ2v) is 5.74. The van der Waals surface area contributed by atoms with E-state index in [0.717, 1.165) is 26.5 Å². The Morgan fingerprint density at radius 3 is 2.95 bits per heavy atom. The number of hydrogen-bond donors (Lipinski definition) is 0. The van der Waals surface area contributed by atoms with Crippen LogP contribution in [-0.4, -0.2) is 20.9 Å². The number of benzene rings is 1. The average Bonchev–Trinajstić information content (AvgIpc) is 2.84. The van der Waals surface area contributed by atoms with Gasteiger partial charge in [0.15, 0.2) is 17.1 Å². The SMILES string of the molecule is O=Cc1cc(Br)ccc1Sc1nnc2ccccn12. The predicted octanol–water partition coefficient (Wildman–Crippen LogP) is 3.46. The number of rotatable bonds is 3. The van der Waals surface area contributed by atoms with E-state index in [-0.39, 0.29) is 0 Å². The molecule has 0 saturated carbocycles. The van der Waals surface area contributed by atoms with E-state index >= 15 is 0 Å². The highest BCUT2D eigenvalue weighted by molar-refractivity contribution is 9.10. The molecule has 3 rings (SSSR count). The standard InChI is InChI=1S/C13H8BrN3OS/c14-10-4-5-11(9(7-10)8-18)19-13-16-15-12-3-1-2-6-17(12)13/h1-8H. The molecule has 0 aliphatic rings. The van der Waals surface area contributed by atoms with Crippen LogP contribution in [0.15, 0.2) is 57.1 Å². The summed E-state index contributed by atoms with van der Waals surface area (Å²) in [5, 5.41) is 8.96. The number of aromatic nitrogens is 3. The van der Waals surface area contributed by atoms with Crippen molar-refractivity contribution in [3.8, 4) is 0 Å². The second kappa shape index (κ2) is 5.14. The summed E-state index contributed by atoms with van der Waals surface area (Å²) in [6, 6.07) is 11.3. The third kappa shape index (κ3) is 2.41. The first-order valence-corrected chi connectivity index (χ1v) is 7.11. The monoisotopic (exact) mass is 333 g/mol. The van der Waals surface area contributed by atoms with Gasteiger partial charge < -0.3 is 0 Å². The van der Waals surface area contributed by atoms with Crippen LogP contribution >= 0.6 is 27.7 Å². The van der Waals surface area contributed by atoms with Crippen molar-refractivity contribution >= 4 is 39.6 Å². The molecule has 19 heavy (non-hydrogen) atoms. The van der Waals surface area contributed by atoms with E-state index in [1.807, 2.05) is 40.9 Å². The Bertz CT molecular complexity index is 756. The van der Waals surface area contributed by atoms with Gasteiger partial charge in [-0.3, -0.25) is 9.20 Å². The third-order valence-electron chi connectivity index (χ3n) is 2.58. The molecule has 0 unspecified atom stereocenters. The molecule has 0 N–H and O–H groups in total. The van der Waals surface area contributed by atoms with Gasteiger partial charge in [0.25, 0.3) is 0 Å². The summed E-state index contributed by atoms with van der Waals surface area (Å²) < 4.78 is 2.77. The summed E-state index contributed by atoms with van der Waals surface area (Å²) in [6.45, 7) is 0. The van der Waals surface area contributed by atoms with Gasteiger partial charge in [0, 0.05) is 21.1 Å². The molecular formula is C13H8BrN3OS. The maximum absolute atomic E-state index is 11.1. The van der Waals surface area contributed by atoms with Gasteiger partial charge in [0.2, 0.25) is 0 Å². The molecule has 94 valence electrons. The van der Waals surface area contributed by atoms with Crippen LogP contribution in [0.25, 0.3) is 5.65 Å². The number of carbonyl (C=O) groups is 1. The van der Waals surface area contributed by atoms with Gasteiger partial charge in [-0.15, -0.1) is 10.2 Å². The first-order valence-electron chi connectivity index (χ1n) is 5.50. The summed E-state index contributed by atoms with van der Waals surface area (Å²) in [7, 11) is 0. The lowest BCUT2D eigenvalue weighted by molar-refractivity contribution is 0.112. The van der Waals surface area contributed by atoms with E-state index in [1.165, 1.54) is 11.8 Å². The predicted molar refractivity (Wildman–Crippen MR) is 76.6 cm³/mol. The normalized spacial score (nSPS) is 10.8. The van der Waals surface area contributed by atoms with Gasteiger partial charge >= 0.3 is 0 Å². The molecule has 0 saturated heterocycles. The van der Waals surface area contributed by atoms with Crippen molar-refractivity contribution in [3.63, 3.8) is 0 Å². The minimum Gasteiger partial charge on any atom is -0.298 e. The molecule has 0 aliphatic carbocycles. The largest absolute Gasteiger partial charge is 0.298 e. The van der Waals surface area contributed by atoms with Crippen molar-refractivity contribution < 1.29 is 4.79 Å².